The molecule has 0 unspecified atom stereocenters. The summed E-state index contributed by atoms with van der Waals surface area (Å²) < 4.78 is 27.8. The van der Waals surface area contributed by atoms with E-state index in [2.05, 4.69) is 4.72 Å². The number of amides is 2. The van der Waals surface area contributed by atoms with Gasteiger partial charge >= 0.3 is 0 Å². The standard InChI is InChI=1S/C25H25N3O5S/c1-18-6-10-20(11-7-18)26-34(32,33)21-12-8-19(9-13-21)24(30)27-14-16-28(17-15-27)25(31)22-4-2-3-5-23(22)29/h2-13,26,29H,14-17H2,1H3. The van der Waals surface area contributed by atoms with Crippen molar-refractivity contribution in [3.05, 3.63) is 89.5 Å². The molecule has 1 aliphatic heterocycles. The van der Waals surface area contributed by atoms with E-state index in [9.17, 15) is 23.1 Å². The topological polar surface area (TPSA) is 107 Å². The van der Waals surface area contributed by atoms with Crippen LogP contribution in [0.1, 0.15) is 26.3 Å². The van der Waals surface area contributed by atoms with Crippen molar-refractivity contribution < 1.29 is 23.1 Å². The zero-order chi connectivity index (χ0) is 24.3. The molecular formula is C25H25N3O5S. The van der Waals surface area contributed by atoms with Gasteiger partial charge in [0.25, 0.3) is 21.8 Å². The number of nitrogens with zero attached hydrogens (tertiary/aromatic N) is 2. The number of sulfonamides is 1. The highest BCUT2D eigenvalue weighted by Crippen LogP contribution is 2.20. The molecule has 1 heterocycles. The predicted molar refractivity (Wildman–Crippen MR) is 128 cm³/mol. The van der Waals surface area contributed by atoms with Crippen molar-refractivity contribution in [3.63, 3.8) is 0 Å². The molecule has 8 nitrogen and oxygen atoms in total. The molecule has 2 N–H and O–H groups in total. The van der Waals surface area contributed by atoms with E-state index in [0.29, 0.717) is 37.4 Å². The molecule has 1 fully saturated rings. The summed E-state index contributed by atoms with van der Waals surface area (Å²) in [6, 6.07) is 19.2. The van der Waals surface area contributed by atoms with Crippen molar-refractivity contribution in [2.45, 2.75) is 11.8 Å². The quantitative estimate of drug-likeness (QED) is 0.585. The average Bonchev–Trinajstić information content (AvgIpc) is 2.85. The molecule has 0 radical (unpaired) electrons. The lowest BCUT2D eigenvalue weighted by atomic mass is 10.1. The van der Waals surface area contributed by atoms with Crippen molar-refractivity contribution in [1.29, 1.82) is 0 Å². The molecule has 4 rings (SSSR count). The Balaban J connectivity index is 1.38. The maximum Gasteiger partial charge on any atom is 0.261 e. The number of nitrogens with one attached hydrogen (secondary N) is 1. The number of carbonyl (C=O) groups excluding carboxylic acids is 2. The van der Waals surface area contributed by atoms with Gasteiger partial charge < -0.3 is 14.9 Å². The Morgan fingerprint density at radius 1 is 0.794 bits per heavy atom. The fourth-order valence-electron chi connectivity index (χ4n) is 3.73. The molecule has 3 aromatic rings. The second-order valence-corrected chi connectivity index (χ2v) is 9.78. The van der Waals surface area contributed by atoms with Gasteiger partial charge in [-0.25, -0.2) is 8.42 Å². The third kappa shape index (κ3) is 5.04. The Bertz CT molecular complexity index is 1300. The van der Waals surface area contributed by atoms with Gasteiger partial charge in [-0.1, -0.05) is 29.8 Å². The van der Waals surface area contributed by atoms with Gasteiger partial charge in [0, 0.05) is 37.4 Å². The normalized spacial score (nSPS) is 14.0. The molecule has 2 amide bonds. The van der Waals surface area contributed by atoms with E-state index < -0.39 is 10.0 Å². The van der Waals surface area contributed by atoms with Crippen LogP contribution < -0.4 is 4.72 Å². The fraction of sp³-hybridized carbons (Fsp3) is 0.200. The van der Waals surface area contributed by atoms with Crippen LogP contribution in [0.3, 0.4) is 0 Å². The van der Waals surface area contributed by atoms with Crippen LogP contribution in [0.25, 0.3) is 0 Å². The predicted octanol–water partition coefficient (Wildman–Crippen LogP) is 3.10. The number of aryl methyl sites for hydroxylation is 1. The summed E-state index contributed by atoms with van der Waals surface area (Å²) in [4.78, 5) is 28.8. The number of rotatable bonds is 5. The van der Waals surface area contributed by atoms with E-state index in [1.807, 2.05) is 19.1 Å². The van der Waals surface area contributed by atoms with Gasteiger partial charge in [-0.05, 0) is 55.5 Å². The van der Waals surface area contributed by atoms with Crippen molar-refractivity contribution >= 4 is 27.5 Å². The maximum absolute atomic E-state index is 12.9. The Kier molecular flexibility index (Phi) is 6.56. The Morgan fingerprint density at radius 3 is 1.94 bits per heavy atom. The molecule has 0 bridgehead atoms. The first kappa shape index (κ1) is 23.3. The van der Waals surface area contributed by atoms with E-state index in [4.69, 9.17) is 0 Å². The summed E-state index contributed by atoms with van der Waals surface area (Å²) in [6.45, 7) is 3.28. The van der Waals surface area contributed by atoms with Gasteiger partial charge in [0.1, 0.15) is 5.75 Å². The van der Waals surface area contributed by atoms with Crippen molar-refractivity contribution in [3.8, 4) is 5.75 Å². The lowest BCUT2D eigenvalue weighted by Gasteiger charge is -2.35. The first-order valence-electron chi connectivity index (χ1n) is 10.8. The van der Waals surface area contributed by atoms with Crippen LogP contribution in [0, 0.1) is 6.92 Å². The first-order valence-corrected chi connectivity index (χ1v) is 12.3. The number of aromatic hydroxyl groups is 1. The average molecular weight is 480 g/mol. The molecular weight excluding hydrogens is 454 g/mol. The van der Waals surface area contributed by atoms with E-state index in [1.165, 1.54) is 30.3 Å². The second kappa shape index (κ2) is 9.56. The summed E-state index contributed by atoms with van der Waals surface area (Å²) in [5.41, 5.74) is 2.09. The molecule has 0 atom stereocenters. The number of phenols is 1. The molecule has 0 spiro atoms. The van der Waals surface area contributed by atoms with Crippen LogP contribution in [0.15, 0.2) is 77.7 Å². The summed E-state index contributed by atoms with van der Waals surface area (Å²) in [6.07, 6.45) is 0. The lowest BCUT2D eigenvalue weighted by molar-refractivity contribution is 0.0533. The van der Waals surface area contributed by atoms with Gasteiger partial charge in [0.2, 0.25) is 0 Å². The van der Waals surface area contributed by atoms with Crippen LogP contribution in [0.4, 0.5) is 5.69 Å². The van der Waals surface area contributed by atoms with Gasteiger partial charge in [-0.15, -0.1) is 0 Å². The number of benzene rings is 3. The zero-order valence-corrected chi connectivity index (χ0v) is 19.5. The number of carbonyl (C=O) groups is 2. The third-order valence-corrected chi connectivity index (χ3v) is 7.10. The monoisotopic (exact) mass is 479 g/mol. The van der Waals surface area contributed by atoms with Crippen molar-refractivity contribution in [1.82, 2.24) is 9.80 Å². The Morgan fingerprint density at radius 2 is 1.35 bits per heavy atom. The summed E-state index contributed by atoms with van der Waals surface area (Å²) in [5, 5.41) is 9.91. The minimum atomic E-state index is -3.78. The number of hydrogen-bond acceptors (Lipinski definition) is 5. The SMILES string of the molecule is Cc1ccc(NS(=O)(=O)c2ccc(C(=O)N3CCN(C(=O)c4ccccc4O)CC3)cc2)cc1. The van der Waals surface area contributed by atoms with Crippen molar-refractivity contribution in [2.24, 2.45) is 0 Å². The van der Waals surface area contributed by atoms with Crippen LogP contribution in [-0.2, 0) is 10.0 Å². The van der Waals surface area contributed by atoms with E-state index >= 15 is 0 Å². The van der Waals surface area contributed by atoms with Gasteiger partial charge in [-0.3, -0.25) is 14.3 Å². The number of para-hydroxylation sites is 1. The highest BCUT2D eigenvalue weighted by molar-refractivity contribution is 7.92. The minimum Gasteiger partial charge on any atom is -0.507 e. The molecule has 176 valence electrons. The molecule has 0 aromatic heterocycles. The third-order valence-electron chi connectivity index (χ3n) is 5.70. The maximum atomic E-state index is 12.9. The molecule has 9 heteroatoms. The smallest absolute Gasteiger partial charge is 0.261 e. The fourth-order valence-corrected chi connectivity index (χ4v) is 4.79. The lowest BCUT2D eigenvalue weighted by Crippen LogP contribution is -2.50. The molecule has 0 saturated carbocycles. The van der Waals surface area contributed by atoms with Crippen LogP contribution >= 0.6 is 0 Å². The second-order valence-electron chi connectivity index (χ2n) is 8.10. The Hall–Kier alpha value is -3.85. The molecule has 1 aliphatic rings. The number of phenolic OH excluding ortho intramolecular Hbond substituents is 1. The molecule has 0 aliphatic carbocycles. The van der Waals surface area contributed by atoms with Gasteiger partial charge in [0.15, 0.2) is 0 Å². The van der Waals surface area contributed by atoms with Gasteiger partial charge in [-0.2, -0.15) is 0 Å². The highest BCUT2D eigenvalue weighted by Gasteiger charge is 2.27. The largest absolute Gasteiger partial charge is 0.507 e. The van der Waals surface area contributed by atoms with Gasteiger partial charge in [0.05, 0.1) is 10.5 Å². The van der Waals surface area contributed by atoms with Crippen LogP contribution in [0.2, 0.25) is 0 Å². The van der Waals surface area contributed by atoms with Crippen molar-refractivity contribution in [2.75, 3.05) is 30.9 Å². The summed E-state index contributed by atoms with van der Waals surface area (Å²) in [5.74, 6) is -0.580. The van der Waals surface area contributed by atoms with Crippen LogP contribution in [0.5, 0.6) is 5.75 Å². The summed E-state index contributed by atoms with van der Waals surface area (Å²) in [7, 11) is -3.78. The highest BCUT2D eigenvalue weighted by atomic mass is 32.2. The zero-order valence-electron chi connectivity index (χ0n) is 18.6. The van der Waals surface area contributed by atoms with Crippen LogP contribution in [-0.4, -0.2) is 61.3 Å². The Labute approximate surface area is 198 Å². The van der Waals surface area contributed by atoms with E-state index in [0.717, 1.165) is 5.56 Å². The number of hydrogen-bond donors (Lipinski definition) is 2. The first-order chi connectivity index (χ1) is 16.2. The molecule has 1 saturated heterocycles. The number of piperazine rings is 1. The summed E-state index contributed by atoms with van der Waals surface area (Å²) >= 11 is 0. The molecule has 3 aromatic carbocycles. The molecule has 34 heavy (non-hydrogen) atoms. The minimum absolute atomic E-state index is 0.0581. The van der Waals surface area contributed by atoms with E-state index in [1.54, 1.807) is 40.1 Å². The van der Waals surface area contributed by atoms with E-state index in [-0.39, 0.29) is 28.0 Å². The number of anilines is 1.